The number of carbonyl (C=O) groups excluding carboxylic acids is 1. The van der Waals surface area contributed by atoms with Gasteiger partial charge in [-0.3, -0.25) is 4.99 Å². The van der Waals surface area contributed by atoms with E-state index in [0.717, 1.165) is 42.6 Å². The highest BCUT2D eigenvalue weighted by Crippen LogP contribution is 2.18. The molecule has 0 saturated carbocycles. The number of amides is 2. The van der Waals surface area contributed by atoms with Crippen molar-refractivity contribution >= 4 is 18.2 Å². The van der Waals surface area contributed by atoms with Crippen molar-refractivity contribution in [2.45, 2.75) is 19.5 Å². The number of fused-ring (bicyclic) bond motifs is 1. The van der Waals surface area contributed by atoms with Gasteiger partial charge in [0.05, 0.1) is 19.5 Å². The molecule has 3 aliphatic rings. The van der Waals surface area contributed by atoms with Gasteiger partial charge in [0.2, 0.25) is 0 Å². The summed E-state index contributed by atoms with van der Waals surface area (Å²) in [5.74, 6) is 2.73. The Morgan fingerprint density at radius 3 is 2.68 bits per heavy atom. The number of piperazine rings is 1. The molecule has 28 heavy (non-hydrogen) atoms. The molecule has 1 atom stereocenters. The Hall–Kier alpha value is -3.03. The molecule has 0 aromatic heterocycles. The lowest BCUT2D eigenvalue weighted by atomic mass is 10.2. The molecule has 1 aromatic carbocycles. The number of amidine groups is 1. The third kappa shape index (κ3) is 3.95. The van der Waals surface area contributed by atoms with Crippen molar-refractivity contribution in [3.63, 3.8) is 0 Å². The SMILES string of the molecule is COc1ccc(CNC(=O)N2CCN(C3=CC4=N[C@H](C)CN4C=N3)CC2)cc1. The topological polar surface area (TPSA) is 72.8 Å². The molecule has 2 amide bonds. The Balaban J connectivity index is 1.27. The monoisotopic (exact) mass is 382 g/mol. The Kier molecular flexibility index (Phi) is 5.18. The number of hydrogen-bond acceptors (Lipinski definition) is 6. The number of rotatable bonds is 4. The molecule has 8 heteroatoms. The van der Waals surface area contributed by atoms with Gasteiger partial charge in [0, 0.05) is 45.3 Å². The molecular weight excluding hydrogens is 356 g/mol. The van der Waals surface area contributed by atoms with Crippen molar-refractivity contribution in [1.82, 2.24) is 20.0 Å². The van der Waals surface area contributed by atoms with Crippen LogP contribution in [0.4, 0.5) is 4.79 Å². The number of ether oxygens (including phenoxy) is 1. The minimum Gasteiger partial charge on any atom is -0.497 e. The fraction of sp³-hybridized carbons (Fsp3) is 0.450. The highest BCUT2D eigenvalue weighted by Gasteiger charge is 2.27. The van der Waals surface area contributed by atoms with Crippen LogP contribution in [-0.2, 0) is 6.54 Å². The molecule has 1 saturated heterocycles. The zero-order chi connectivity index (χ0) is 19.5. The molecule has 8 nitrogen and oxygen atoms in total. The number of urea groups is 1. The number of aliphatic imine (C=N–C) groups is 2. The number of nitrogens with one attached hydrogen (secondary N) is 1. The Morgan fingerprint density at radius 2 is 1.96 bits per heavy atom. The summed E-state index contributed by atoms with van der Waals surface area (Å²) >= 11 is 0. The molecule has 1 aromatic rings. The second-order valence-corrected chi connectivity index (χ2v) is 7.22. The number of hydrogen-bond donors (Lipinski definition) is 1. The first-order valence-electron chi connectivity index (χ1n) is 9.63. The van der Waals surface area contributed by atoms with Crippen LogP contribution in [-0.4, -0.2) is 78.8 Å². The summed E-state index contributed by atoms with van der Waals surface area (Å²) in [7, 11) is 1.64. The van der Waals surface area contributed by atoms with E-state index in [0.29, 0.717) is 25.7 Å². The number of benzene rings is 1. The van der Waals surface area contributed by atoms with Crippen LogP contribution in [0.2, 0.25) is 0 Å². The van der Waals surface area contributed by atoms with Gasteiger partial charge in [0.1, 0.15) is 17.4 Å². The van der Waals surface area contributed by atoms with Gasteiger partial charge >= 0.3 is 6.03 Å². The van der Waals surface area contributed by atoms with E-state index >= 15 is 0 Å². The van der Waals surface area contributed by atoms with Crippen LogP contribution in [0.15, 0.2) is 46.1 Å². The molecule has 0 radical (unpaired) electrons. The van der Waals surface area contributed by atoms with E-state index < -0.39 is 0 Å². The average Bonchev–Trinajstić information content (AvgIpc) is 3.11. The van der Waals surface area contributed by atoms with Crippen LogP contribution in [0, 0.1) is 0 Å². The summed E-state index contributed by atoms with van der Waals surface area (Å²) in [5, 5.41) is 2.99. The lowest BCUT2D eigenvalue weighted by molar-refractivity contribution is 0.156. The van der Waals surface area contributed by atoms with Gasteiger partial charge in [0.25, 0.3) is 0 Å². The van der Waals surface area contributed by atoms with E-state index in [4.69, 9.17) is 4.74 Å². The smallest absolute Gasteiger partial charge is 0.317 e. The number of methoxy groups -OCH3 is 1. The van der Waals surface area contributed by atoms with Crippen LogP contribution in [0.5, 0.6) is 5.75 Å². The second kappa shape index (κ2) is 7.92. The second-order valence-electron chi connectivity index (χ2n) is 7.22. The molecule has 0 aliphatic carbocycles. The summed E-state index contributed by atoms with van der Waals surface area (Å²) in [6.07, 6.45) is 3.91. The minimum absolute atomic E-state index is 0.0308. The summed E-state index contributed by atoms with van der Waals surface area (Å²) in [5.41, 5.74) is 1.05. The lowest BCUT2D eigenvalue weighted by Crippen LogP contribution is -2.51. The Labute approximate surface area is 165 Å². The van der Waals surface area contributed by atoms with E-state index in [1.165, 1.54) is 0 Å². The van der Waals surface area contributed by atoms with Crippen molar-refractivity contribution in [2.24, 2.45) is 9.98 Å². The fourth-order valence-corrected chi connectivity index (χ4v) is 3.57. The van der Waals surface area contributed by atoms with Crippen molar-refractivity contribution in [1.29, 1.82) is 0 Å². The molecule has 3 heterocycles. The molecule has 4 rings (SSSR count). The standard InChI is InChI=1S/C20H26N6O2/c1-15-13-26-14-22-18(11-19(26)23-15)24-7-9-25(10-8-24)20(27)21-12-16-3-5-17(28-2)6-4-16/h3-6,11,14-15H,7-10,12-13H2,1-2H3,(H,21,27)/t15-/m1/s1. The first-order chi connectivity index (χ1) is 13.6. The summed E-state index contributed by atoms with van der Waals surface area (Å²) < 4.78 is 5.15. The number of nitrogens with zero attached hydrogens (tertiary/aromatic N) is 5. The zero-order valence-electron chi connectivity index (χ0n) is 16.3. The maximum absolute atomic E-state index is 12.5. The highest BCUT2D eigenvalue weighted by atomic mass is 16.5. The maximum Gasteiger partial charge on any atom is 0.317 e. The third-order valence-corrected chi connectivity index (χ3v) is 5.19. The Morgan fingerprint density at radius 1 is 1.21 bits per heavy atom. The van der Waals surface area contributed by atoms with Crippen molar-refractivity contribution in [3.8, 4) is 5.75 Å². The van der Waals surface area contributed by atoms with Gasteiger partial charge in [-0.25, -0.2) is 9.79 Å². The molecule has 3 aliphatic heterocycles. The average molecular weight is 382 g/mol. The van der Waals surface area contributed by atoms with Gasteiger partial charge in [-0.05, 0) is 24.6 Å². The fourth-order valence-electron chi connectivity index (χ4n) is 3.57. The molecule has 148 valence electrons. The predicted molar refractivity (Wildman–Crippen MR) is 109 cm³/mol. The maximum atomic E-state index is 12.5. The van der Waals surface area contributed by atoms with Crippen LogP contribution < -0.4 is 10.1 Å². The zero-order valence-corrected chi connectivity index (χ0v) is 16.3. The minimum atomic E-state index is -0.0308. The Bertz CT molecular complexity index is 808. The van der Waals surface area contributed by atoms with Crippen molar-refractivity contribution < 1.29 is 9.53 Å². The van der Waals surface area contributed by atoms with Crippen LogP contribution in [0.1, 0.15) is 12.5 Å². The predicted octanol–water partition coefficient (Wildman–Crippen LogP) is 1.51. The van der Waals surface area contributed by atoms with Gasteiger partial charge in [0.15, 0.2) is 0 Å². The van der Waals surface area contributed by atoms with Crippen LogP contribution in [0.3, 0.4) is 0 Å². The van der Waals surface area contributed by atoms with Gasteiger partial charge in [-0.2, -0.15) is 0 Å². The van der Waals surface area contributed by atoms with Gasteiger partial charge in [-0.15, -0.1) is 0 Å². The first-order valence-corrected chi connectivity index (χ1v) is 9.63. The molecule has 0 unspecified atom stereocenters. The quantitative estimate of drug-likeness (QED) is 0.857. The van der Waals surface area contributed by atoms with E-state index in [-0.39, 0.29) is 6.03 Å². The van der Waals surface area contributed by atoms with Crippen molar-refractivity contribution in [2.75, 3.05) is 39.8 Å². The van der Waals surface area contributed by atoms with E-state index in [1.807, 2.05) is 41.6 Å². The third-order valence-electron chi connectivity index (χ3n) is 5.19. The molecular formula is C20H26N6O2. The van der Waals surface area contributed by atoms with Crippen molar-refractivity contribution in [3.05, 3.63) is 41.7 Å². The van der Waals surface area contributed by atoms with E-state index in [9.17, 15) is 4.79 Å². The summed E-state index contributed by atoms with van der Waals surface area (Å²) in [6.45, 7) is 6.39. The summed E-state index contributed by atoms with van der Waals surface area (Å²) in [6, 6.07) is 7.99. The van der Waals surface area contributed by atoms with Crippen LogP contribution in [0.25, 0.3) is 0 Å². The van der Waals surface area contributed by atoms with E-state index in [1.54, 1.807) is 7.11 Å². The highest BCUT2D eigenvalue weighted by molar-refractivity contribution is 6.03. The molecule has 1 fully saturated rings. The lowest BCUT2D eigenvalue weighted by Gasteiger charge is -2.36. The van der Waals surface area contributed by atoms with Gasteiger partial charge in [-0.1, -0.05) is 12.1 Å². The molecule has 1 N–H and O–H groups in total. The molecule has 0 spiro atoms. The van der Waals surface area contributed by atoms with Crippen LogP contribution >= 0.6 is 0 Å². The molecule has 0 bridgehead atoms. The van der Waals surface area contributed by atoms with Gasteiger partial charge < -0.3 is 24.8 Å². The first kappa shape index (κ1) is 18.3. The normalized spacial score (nSPS) is 21.2. The van der Waals surface area contributed by atoms with E-state index in [2.05, 4.69) is 32.0 Å². The summed E-state index contributed by atoms with van der Waals surface area (Å²) in [4.78, 5) is 27.8. The number of carbonyl (C=O) groups is 1. The largest absolute Gasteiger partial charge is 0.497 e.